The average molecular weight is 225 g/mol. The number of rotatable bonds is 3. The summed E-state index contributed by atoms with van der Waals surface area (Å²) >= 11 is 0. The Bertz CT molecular complexity index is 447. The zero-order chi connectivity index (χ0) is 11.5. The molecule has 15 heavy (non-hydrogen) atoms. The van der Waals surface area contributed by atoms with Crippen molar-refractivity contribution < 1.29 is 14.6 Å². The fourth-order valence-corrected chi connectivity index (χ4v) is 1.67. The van der Waals surface area contributed by atoms with Crippen LogP contribution in [-0.2, 0) is 11.0 Å². The molecule has 1 atom stereocenters. The van der Waals surface area contributed by atoms with E-state index in [1.165, 1.54) is 18.2 Å². The third-order valence-corrected chi connectivity index (χ3v) is 2.21. The number of benzene rings is 1. The van der Waals surface area contributed by atoms with Gasteiger partial charge in [0.15, 0.2) is 7.67 Å². The molecule has 0 radical (unpaired) electrons. The Morgan fingerprint density at radius 1 is 1.67 bits per heavy atom. The molecule has 1 unspecified atom stereocenters. The molecule has 0 fully saturated rings. The lowest BCUT2D eigenvalue weighted by atomic mass is 10.1. The highest BCUT2D eigenvalue weighted by Gasteiger charge is 2.06. The van der Waals surface area contributed by atoms with Gasteiger partial charge in [0, 0.05) is 12.1 Å². The second-order valence-electron chi connectivity index (χ2n) is 2.93. The van der Waals surface area contributed by atoms with Gasteiger partial charge in [-0.2, -0.15) is 0 Å². The first kappa shape index (κ1) is 11.6. The van der Waals surface area contributed by atoms with Crippen molar-refractivity contribution >= 4 is 13.4 Å². The smallest absolute Gasteiger partial charge is 0.165 e. The van der Waals surface area contributed by atoms with Crippen LogP contribution >= 0.6 is 7.67 Å². The van der Waals surface area contributed by atoms with Crippen LogP contribution in [0.3, 0.4) is 0 Å². The molecular formula is C9H10N2O3P-. The summed E-state index contributed by atoms with van der Waals surface area (Å²) in [7, 11) is -4.10. The number of phenolic OH excluding ortho intramolecular Hbond substituents is 1. The van der Waals surface area contributed by atoms with Gasteiger partial charge in [0.05, 0.1) is 0 Å². The van der Waals surface area contributed by atoms with Gasteiger partial charge in [0.1, 0.15) is 5.75 Å². The molecule has 1 aromatic rings. The maximum Gasteiger partial charge on any atom is 0.165 e. The first-order valence-electron chi connectivity index (χ1n) is 4.05. The predicted octanol–water partition coefficient (Wildman–Crippen LogP) is 0.407. The molecule has 0 aliphatic carbocycles. The third-order valence-electron chi connectivity index (χ3n) is 1.66. The molecule has 0 spiro atoms. The molecular weight excluding hydrogens is 215 g/mol. The minimum Gasteiger partial charge on any atom is -0.772 e. The second kappa shape index (κ2) is 4.37. The summed E-state index contributed by atoms with van der Waals surface area (Å²) in [5.74, 6) is 2.37. The first-order valence-corrected chi connectivity index (χ1v) is 5.75. The van der Waals surface area contributed by atoms with Crippen LogP contribution < -0.4 is 15.5 Å². The van der Waals surface area contributed by atoms with Gasteiger partial charge in [-0.15, -0.1) is 12.3 Å². The highest BCUT2D eigenvalue weighted by molar-refractivity contribution is 7.55. The number of nitrogens with one attached hydrogen (secondary N) is 1. The zero-order valence-corrected chi connectivity index (χ0v) is 8.70. The van der Waals surface area contributed by atoms with Crippen LogP contribution in [0.25, 0.3) is 0 Å². The SMILES string of the molecule is C#CCc1cc(O)ccc1NP(N)(=O)[O-]. The number of terminal acetylenes is 1. The molecule has 80 valence electrons. The van der Waals surface area contributed by atoms with Crippen molar-refractivity contribution in [3.63, 3.8) is 0 Å². The van der Waals surface area contributed by atoms with Crippen LogP contribution in [0.5, 0.6) is 5.75 Å². The Morgan fingerprint density at radius 2 is 2.33 bits per heavy atom. The first-order chi connectivity index (χ1) is 6.92. The number of hydrogen-bond acceptors (Lipinski definition) is 3. The molecule has 0 saturated heterocycles. The second-order valence-corrected chi connectivity index (χ2v) is 4.35. The topological polar surface area (TPSA) is 98.4 Å². The minimum atomic E-state index is -4.10. The third kappa shape index (κ3) is 3.64. The summed E-state index contributed by atoms with van der Waals surface area (Å²) in [6.45, 7) is 0. The molecule has 0 saturated carbocycles. The fraction of sp³-hybridized carbons (Fsp3) is 0.111. The van der Waals surface area contributed by atoms with Crippen LogP contribution in [0.2, 0.25) is 0 Å². The Labute approximate surface area is 87.5 Å². The zero-order valence-electron chi connectivity index (χ0n) is 7.80. The summed E-state index contributed by atoms with van der Waals surface area (Å²) in [4.78, 5) is 10.8. The van der Waals surface area contributed by atoms with Crippen molar-refractivity contribution in [1.29, 1.82) is 0 Å². The largest absolute Gasteiger partial charge is 0.772 e. The van der Waals surface area contributed by atoms with Crippen molar-refractivity contribution in [1.82, 2.24) is 0 Å². The lowest BCUT2D eigenvalue weighted by molar-refractivity contribution is -0.173. The van der Waals surface area contributed by atoms with E-state index in [0.717, 1.165) is 0 Å². The van der Waals surface area contributed by atoms with E-state index in [0.29, 0.717) is 5.56 Å². The van der Waals surface area contributed by atoms with Crippen LogP contribution in [0.4, 0.5) is 5.69 Å². The van der Waals surface area contributed by atoms with E-state index >= 15 is 0 Å². The molecule has 0 aliphatic rings. The Balaban J connectivity index is 3.07. The van der Waals surface area contributed by atoms with E-state index in [4.69, 9.17) is 11.9 Å². The lowest BCUT2D eigenvalue weighted by Gasteiger charge is -2.21. The molecule has 0 aliphatic heterocycles. The summed E-state index contributed by atoms with van der Waals surface area (Å²) < 4.78 is 10.8. The number of hydrogen-bond donors (Lipinski definition) is 3. The molecule has 1 rings (SSSR count). The Hall–Kier alpha value is -1.47. The molecule has 6 heteroatoms. The number of phenols is 1. The standard InChI is InChI=1S/C9H11N2O3P/c1-2-3-7-6-8(12)4-5-9(7)11-15(10,13)14/h1,4-6,12H,3H2,(H4,10,11,13,14)/p-1. The highest BCUT2D eigenvalue weighted by Crippen LogP contribution is 2.31. The van der Waals surface area contributed by atoms with Crippen molar-refractivity contribution in [3.8, 4) is 18.1 Å². The van der Waals surface area contributed by atoms with Crippen molar-refractivity contribution in [2.75, 3.05) is 5.09 Å². The lowest BCUT2D eigenvalue weighted by Crippen LogP contribution is -2.17. The average Bonchev–Trinajstić information content (AvgIpc) is 2.08. The molecule has 4 N–H and O–H groups in total. The maximum atomic E-state index is 10.8. The summed E-state index contributed by atoms with van der Waals surface area (Å²) in [6.07, 6.45) is 5.31. The number of aromatic hydroxyl groups is 1. The van der Waals surface area contributed by atoms with E-state index in [2.05, 4.69) is 11.0 Å². The van der Waals surface area contributed by atoms with Gasteiger partial charge in [-0.25, -0.2) is 0 Å². The van der Waals surface area contributed by atoms with Gasteiger partial charge < -0.3 is 15.1 Å². The van der Waals surface area contributed by atoms with Gasteiger partial charge in [-0.05, 0) is 23.8 Å². The van der Waals surface area contributed by atoms with Crippen LogP contribution in [0.15, 0.2) is 18.2 Å². The van der Waals surface area contributed by atoms with Gasteiger partial charge >= 0.3 is 0 Å². The molecule has 1 aromatic carbocycles. The van der Waals surface area contributed by atoms with Crippen LogP contribution in [0, 0.1) is 12.3 Å². The summed E-state index contributed by atoms with van der Waals surface area (Å²) in [5.41, 5.74) is 5.63. The summed E-state index contributed by atoms with van der Waals surface area (Å²) in [5, 5.41) is 11.3. The molecule has 0 bridgehead atoms. The van der Waals surface area contributed by atoms with Crippen molar-refractivity contribution in [2.45, 2.75) is 6.42 Å². The Kier molecular flexibility index (Phi) is 3.38. The van der Waals surface area contributed by atoms with E-state index in [9.17, 15) is 14.6 Å². The quantitative estimate of drug-likeness (QED) is 0.393. The van der Waals surface area contributed by atoms with Crippen LogP contribution in [0.1, 0.15) is 5.56 Å². The van der Waals surface area contributed by atoms with E-state index < -0.39 is 7.67 Å². The molecule has 0 aromatic heterocycles. The molecule has 5 nitrogen and oxygen atoms in total. The summed E-state index contributed by atoms with van der Waals surface area (Å²) in [6, 6.07) is 4.13. The fourth-order valence-electron chi connectivity index (χ4n) is 1.11. The highest BCUT2D eigenvalue weighted by atomic mass is 31.2. The van der Waals surface area contributed by atoms with Crippen molar-refractivity contribution in [2.24, 2.45) is 5.50 Å². The van der Waals surface area contributed by atoms with Gasteiger partial charge in [-0.1, -0.05) is 0 Å². The monoisotopic (exact) mass is 225 g/mol. The van der Waals surface area contributed by atoms with Crippen LogP contribution in [-0.4, -0.2) is 5.11 Å². The predicted molar refractivity (Wildman–Crippen MR) is 56.1 cm³/mol. The molecule has 0 heterocycles. The molecule has 0 amide bonds. The van der Waals surface area contributed by atoms with Gasteiger partial charge in [0.2, 0.25) is 0 Å². The number of anilines is 1. The van der Waals surface area contributed by atoms with Gasteiger partial charge in [0.25, 0.3) is 0 Å². The maximum absolute atomic E-state index is 10.8. The minimum absolute atomic E-state index is 0.0172. The number of nitrogens with two attached hydrogens (primary N) is 1. The van der Waals surface area contributed by atoms with E-state index in [-0.39, 0.29) is 17.9 Å². The Morgan fingerprint density at radius 3 is 2.87 bits per heavy atom. The van der Waals surface area contributed by atoms with E-state index in [1.807, 2.05) is 0 Å². The van der Waals surface area contributed by atoms with E-state index in [1.54, 1.807) is 0 Å². The normalized spacial score (nSPS) is 13.9. The van der Waals surface area contributed by atoms with Crippen molar-refractivity contribution in [3.05, 3.63) is 23.8 Å². The van der Waals surface area contributed by atoms with Gasteiger partial charge in [-0.3, -0.25) is 10.1 Å².